The molecule has 0 spiro atoms. The normalized spacial score (nSPS) is 12.7. The molecule has 32 heavy (non-hydrogen) atoms. The van der Waals surface area contributed by atoms with E-state index < -0.39 is 5.97 Å². The highest BCUT2D eigenvalue weighted by Gasteiger charge is 2.26. The molecule has 0 bridgehead atoms. The van der Waals surface area contributed by atoms with Gasteiger partial charge in [-0.15, -0.1) is 0 Å². The zero-order chi connectivity index (χ0) is 22.6. The van der Waals surface area contributed by atoms with E-state index in [1.165, 1.54) is 18.3 Å². The van der Waals surface area contributed by atoms with E-state index in [4.69, 9.17) is 0 Å². The van der Waals surface area contributed by atoms with Gasteiger partial charge in [-0.2, -0.15) is 0 Å². The predicted molar refractivity (Wildman–Crippen MR) is 124 cm³/mol. The number of aliphatic imine (C=N–C) groups is 1. The Bertz CT molecular complexity index is 1420. The van der Waals surface area contributed by atoms with Gasteiger partial charge in [-0.1, -0.05) is 13.8 Å². The van der Waals surface area contributed by atoms with Crippen LogP contribution in [0.3, 0.4) is 0 Å². The fourth-order valence-electron chi connectivity index (χ4n) is 4.53. The van der Waals surface area contributed by atoms with Crippen molar-refractivity contribution in [1.29, 1.82) is 0 Å². The minimum atomic E-state index is -1.00. The van der Waals surface area contributed by atoms with Gasteiger partial charge in [0.25, 0.3) is 0 Å². The number of hydrogen-bond donors (Lipinski definition) is 1. The van der Waals surface area contributed by atoms with Crippen LogP contribution in [0.25, 0.3) is 27.8 Å². The summed E-state index contributed by atoms with van der Waals surface area (Å²) >= 11 is 0. The van der Waals surface area contributed by atoms with Gasteiger partial charge in [-0.05, 0) is 72.0 Å². The van der Waals surface area contributed by atoms with E-state index in [-0.39, 0.29) is 17.3 Å². The lowest BCUT2D eigenvalue weighted by Crippen LogP contribution is -2.05. The van der Waals surface area contributed by atoms with Gasteiger partial charge in [-0.3, -0.25) is 9.98 Å². The van der Waals surface area contributed by atoms with E-state index >= 15 is 0 Å². The summed E-state index contributed by atoms with van der Waals surface area (Å²) in [5.74, 6) is -1.16. The van der Waals surface area contributed by atoms with Crippen LogP contribution in [0.4, 0.5) is 4.39 Å². The molecule has 6 heteroatoms. The molecule has 2 aromatic carbocycles. The van der Waals surface area contributed by atoms with E-state index in [1.54, 1.807) is 18.2 Å². The van der Waals surface area contributed by atoms with Gasteiger partial charge < -0.3 is 9.67 Å². The maximum absolute atomic E-state index is 13.7. The Labute approximate surface area is 184 Å². The molecule has 0 aliphatic carbocycles. The van der Waals surface area contributed by atoms with Crippen molar-refractivity contribution >= 4 is 23.1 Å². The van der Waals surface area contributed by atoms with Crippen molar-refractivity contribution in [3.63, 3.8) is 0 Å². The van der Waals surface area contributed by atoms with Gasteiger partial charge in [0, 0.05) is 34.7 Å². The minimum absolute atomic E-state index is 0.131. The highest BCUT2D eigenvalue weighted by atomic mass is 19.1. The molecule has 160 valence electrons. The molecule has 0 saturated carbocycles. The molecule has 0 amide bonds. The molecule has 0 radical (unpaired) electrons. The Balaban J connectivity index is 1.90. The number of benzene rings is 2. The van der Waals surface area contributed by atoms with Crippen LogP contribution in [0.5, 0.6) is 0 Å². The molecule has 4 aromatic rings. The quantitative estimate of drug-likeness (QED) is 0.441. The number of nitrogens with zero attached hydrogens (tertiary/aromatic N) is 3. The molecule has 5 nitrogen and oxygen atoms in total. The number of hydrogen-bond acceptors (Lipinski definition) is 3. The Kier molecular flexibility index (Phi) is 4.66. The number of carboxylic acid groups (broad SMARTS) is 1. The highest BCUT2D eigenvalue weighted by Crippen LogP contribution is 2.42. The summed E-state index contributed by atoms with van der Waals surface area (Å²) in [5, 5.41) is 10.4. The zero-order valence-electron chi connectivity index (χ0n) is 18.1. The van der Waals surface area contributed by atoms with Crippen LogP contribution in [0.2, 0.25) is 0 Å². The van der Waals surface area contributed by atoms with Crippen LogP contribution in [0.15, 0.2) is 53.7 Å². The van der Waals surface area contributed by atoms with Gasteiger partial charge in [-0.25, -0.2) is 9.18 Å². The Hall–Kier alpha value is -3.80. The molecule has 1 aliphatic rings. The summed E-state index contributed by atoms with van der Waals surface area (Å²) in [7, 11) is 0. The summed E-state index contributed by atoms with van der Waals surface area (Å²) in [6.07, 6.45) is 3.29. The number of aromatic carboxylic acids is 1. The predicted octanol–water partition coefficient (Wildman–Crippen LogP) is 5.89. The van der Waals surface area contributed by atoms with Crippen LogP contribution >= 0.6 is 0 Å². The summed E-state index contributed by atoms with van der Waals surface area (Å²) in [4.78, 5) is 20.4. The Morgan fingerprint density at radius 2 is 1.91 bits per heavy atom. The molecular formula is C26H22FN3O2. The van der Waals surface area contributed by atoms with Crippen molar-refractivity contribution in [1.82, 2.24) is 9.55 Å². The zero-order valence-corrected chi connectivity index (χ0v) is 18.1. The fraction of sp³-hybridized carbons (Fsp3) is 0.192. The van der Waals surface area contributed by atoms with E-state index in [9.17, 15) is 14.3 Å². The van der Waals surface area contributed by atoms with Crippen molar-refractivity contribution in [2.45, 2.75) is 33.2 Å². The summed E-state index contributed by atoms with van der Waals surface area (Å²) in [6.45, 7) is 6.76. The third-order valence-corrected chi connectivity index (χ3v) is 5.95. The SMILES string of the molecule is Cc1cc(C(=O)O)cnc1-c1c(C(C)C)n(-c2ccc(F)cc2)c2cc3c(cc12)CN=C3. The number of rotatable bonds is 4. The number of halogens is 1. The van der Waals surface area contributed by atoms with Crippen LogP contribution in [-0.4, -0.2) is 26.8 Å². The smallest absolute Gasteiger partial charge is 0.337 e. The van der Waals surface area contributed by atoms with Gasteiger partial charge in [0.15, 0.2) is 0 Å². The van der Waals surface area contributed by atoms with Crippen LogP contribution in [0, 0.1) is 12.7 Å². The average molecular weight is 427 g/mol. The fourth-order valence-corrected chi connectivity index (χ4v) is 4.53. The maximum Gasteiger partial charge on any atom is 0.337 e. The minimum Gasteiger partial charge on any atom is -0.478 e. The highest BCUT2D eigenvalue weighted by molar-refractivity contribution is 6.03. The monoisotopic (exact) mass is 427 g/mol. The molecule has 1 N–H and O–H groups in total. The lowest BCUT2D eigenvalue weighted by molar-refractivity contribution is 0.0696. The molecule has 0 fully saturated rings. The molecule has 0 unspecified atom stereocenters. The molecule has 0 atom stereocenters. The number of pyridine rings is 1. The Morgan fingerprint density at radius 1 is 1.16 bits per heavy atom. The number of carbonyl (C=O) groups is 1. The molecule has 3 heterocycles. The van der Waals surface area contributed by atoms with E-state index in [0.717, 1.165) is 50.2 Å². The first-order valence-corrected chi connectivity index (χ1v) is 10.5. The summed E-state index contributed by atoms with van der Waals surface area (Å²) < 4.78 is 15.9. The van der Waals surface area contributed by atoms with Crippen molar-refractivity contribution in [2.75, 3.05) is 0 Å². The molecule has 0 saturated heterocycles. The second-order valence-electron chi connectivity index (χ2n) is 8.46. The van der Waals surface area contributed by atoms with E-state index in [2.05, 4.69) is 40.5 Å². The standard InChI is InChI=1S/C26H22FN3O2/c1-14(2)25-23(24-15(3)8-18(13-29-24)26(31)32)21-9-16-11-28-12-17(16)10-22(21)30(25)20-6-4-19(27)5-7-20/h4-10,12-14H,11H2,1-3H3,(H,31,32). The van der Waals surface area contributed by atoms with Crippen molar-refractivity contribution < 1.29 is 14.3 Å². The third kappa shape index (κ3) is 3.11. The number of aryl methyl sites for hydroxylation is 1. The second-order valence-corrected chi connectivity index (χ2v) is 8.46. The van der Waals surface area contributed by atoms with Gasteiger partial charge in [0.2, 0.25) is 0 Å². The van der Waals surface area contributed by atoms with Crippen molar-refractivity contribution in [3.8, 4) is 16.9 Å². The van der Waals surface area contributed by atoms with Gasteiger partial charge >= 0.3 is 5.97 Å². The second kappa shape index (κ2) is 7.41. The number of aromatic nitrogens is 2. The maximum atomic E-state index is 13.7. The van der Waals surface area contributed by atoms with E-state index in [1.807, 2.05) is 13.1 Å². The molecule has 1 aliphatic heterocycles. The summed E-state index contributed by atoms with van der Waals surface area (Å²) in [6, 6.07) is 12.4. The van der Waals surface area contributed by atoms with Crippen LogP contribution < -0.4 is 0 Å². The van der Waals surface area contributed by atoms with Crippen LogP contribution in [-0.2, 0) is 6.54 Å². The lowest BCUT2D eigenvalue weighted by Gasteiger charge is -2.16. The first-order valence-electron chi connectivity index (χ1n) is 10.5. The average Bonchev–Trinajstić information content (AvgIpc) is 3.34. The first kappa shape index (κ1) is 20.1. The Morgan fingerprint density at radius 3 is 2.56 bits per heavy atom. The topological polar surface area (TPSA) is 67.5 Å². The number of fused-ring (bicyclic) bond motifs is 2. The van der Waals surface area contributed by atoms with Crippen LogP contribution in [0.1, 0.15) is 52.5 Å². The van der Waals surface area contributed by atoms with E-state index in [0.29, 0.717) is 6.54 Å². The summed E-state index contributed by atoms with van der Waals surface area (Å²) in [5.41, 5.74) is 7.80. The van der Waals surface area contributed by atoms with Gasteiger partial charge in [0.05, 0.1) is 23.3 Å². The largest absolute Gasteiger partial charge is 0.478 e. The molecule has 5 rings (SSSR count). The third-order valence-electron chi connectivity index (χ3n) is 5.95. The van der Waals surface area contributed by atoms with Gasteiger partial charge in [0.1, 0.15) is 5.82 Å². The van der Waals surface area contributed by atoms with Crippen molar-refractivity contribution in [2.24, 2.45) is 4.99 Å². The first-order chi connectivity index (χ1) is 15.3. The molecule has 2 aromatic heterocycles. The lowest BCUT2D eigenvalue weighted by atomic mass is 9.96. The number of carboxylic acids is 1. The molecular weight excluding hydrogens is 405 g/mol. The van der Waals surface area contributed by atoms with Crippen molar-refractivity contribution in [3.05, 3.63) is 82.4 Å².